The van der Waals surface area contributed by atoms with Gasteiger partial charge in [0.1, 0.15) is 5.82 Å². The summed E-state index contributed by atoms with van der Waals surface area (Å²) >= 11 is 0. The van der Waals surface area contributed by atoms with Crippen LogP contribution in [-0.2, 0) is 14.8 Å². The average Bonchev–Trinajstić information content (AvgIpc) is 2.80. The number of para-hydroxylation sites is 1. The number of halogens is 1. The van der Waals surface area contributed by atoms with Gasteiger partial charge in [0.05, 0.1) is 10.6 Å². The summed E-state index contributed by atoms with van der Waals surface area (Å²) in [5, 5.41) is 2.90. The Bertz CT molecular complexity index is 1050. The van der Waals surface area contributed by atoms with E-state index in [-0.39, 0.29) is 22.5 Å². The van der Waals surface area contributed by atoms with Gasteiger partial charge in [-0.15, -0.1) is 0 Å². The number of nitrogens with zero attached hydrogens (tertiary/aromatic N) is 2. The van der Waals surface area contributed by atoms with Gasteiger partial charge in [-0.1, -0.05) is 19.1 Å². The van der Waals surface area contributed by atoms with Crippen LogP contribution >= 0.6 is 0 Å². The van der Waals surface area contributed by atoms with Gasteiger partial charge < -0.3 is 10.2 Å². The molecule has 172 valence electrons. The third-order valence-electron chi connectivity index (χ3n) is 6.44. The van der Waals surface area contributed by atoms with E-state index in [2.05, 4.69) is 12.2 Å². The van der Waals surface area contributed by atoms with Crippen molar-refractivity contribution in [3.63, 3.8) is 0 Å². The summed E-state index contributed by atoms with van der Waals surface area (Å²) in [5.74, 6) is -0.124. The molecule has 2 aromatic carbocycles. The summed E-state index contributed by atoms with van der Waals surface area (Å²) < 4.78 is 41.3. The van der Waals surface area contributed by atoms with Gasteiger partial charge in [0, 0.05) is 37.8 Å². The van der Waals surface area contributed by atoms with E-state index in [1.165, 1.54) is 6.07 Å². The third-order valence-corrected chi connectivity index (χ3v) is 8.32. The molecule has 1 N–H and O–H groups in total. The molecule has 0 aromatic heterocycles. The van der Waals surface area contributed by atoms with Crippen LogP contribution in [0, 0.1) is 17.7 Å². The Morgan fingerprint density at radius 2 is 1.69 bits per heavy atom. The summed E-state index contributed by atoms with van der Waals surface area (Å²) in [6.45, 7) is 4.40. The highest BCUT2D eigenvalue weighted by Gasteiger charge is 2.29. The molecule has 2 heterocycles. The lowest BCUT2D eigenvalue weighted by Crippen LogP contribution is -2.39. The molecule has 0 saturated carbocycles. The first-order valence-electron chi connectivity index (χ1n) is 11.2. The molecule has 1 amide bonds. The number of hydrogen-bond acceptors (Lipinski definition) is 4. The number of piperidine rings is 2. The second-order valence-electron chi connectivity index (χ2n) is 8.84. The molecule has 4 rings (SSSR count). The zero-order chi connectivity index (χ0) is 22.7. The number of sulfonamides is 1. The molecular formula is C24H30FN3O3S. The zero-order valence-corrected chi connectivity index (χ0v) is 19.2. The van der Waals surface area contributed by atoms with Gasteiger partial charge in [0.2, 0.25) is 15.9 Å². The molecule has 1 atom stereocenters. The quantitative estimate of drug-likeness (QED) is 0.731. The van der Waals surface area contributed by atoms with Crippen molar-refractivity contribution in [3.05, 3.63) is 54.3 Å². The Morgan fingerprint density at radius 1 is 1.00 bits per heavy atom. The lowest BCUT2D eigenvalue weighted by molar-refractivity contribution is -0.120. The topological polar surface area (TPSA) is 69.7 Å². The van der Waals surface area contributed by atoms with E-state index in [4.69, 9.17) is 0 Å². The smallest absolute Gasteiger partial charge is 0.243 e. The molecule has 2 fully saturated rings. The summed E-state index contributed by atoms with van der Waals surface area (Å²) in [4.78, 5) is 14.9. The minimum absolute atomic E-state index is 0.0846. The summed E-state index contributed by atoms with van der Waals surface area (Å²) in [6.07, 6.45) is 3.21. The number of carbonyl (C=O) groups excluding carboxylic acids is 1. The largest absolute Gasteiger partial charge is 0.369 e. The minimum atomic E-state index is -3.51. The fraction of sp³-hybridized carbons (Fsp3) is 0.458. The number of nitrogens with one attached hydrogen (secondary N) is 1. The molecule has 0 spiro atoms. The number of carbonyl (C=O) groups is 1. The van der Waals surface area contributed by atoms with Gasteiger partial charge in [-0.25, -0.2) is 12.8 Å². The van der Waals surface area contributed by atoms with Crippen LogP contribution in [0.25, 0.3) is 0 Å². The Morgan fingerprint density at radius 3 is 2.34 bits per heavy atom. The molecule has 2 saturated heterocycles. The van der Waals surface area contributed by atoms with E-state index >= 15 is 0 Å². The van der Waals surface area contributed by atoms with Crippen LogP contribution in [0.3, 0.4) is 0 Å². The van der Waals surface area contributed by atoms with E-state index in [9.17, 15) is 17.6 Å². The second-order valence-corrected chi connectivity index (χ2v) is 10.8. The third kappa shape index (κ3) is 4.96. The van der Waals surface area contributed by atoms with E-state index in [0.717, 1.165) is 12.8 Å². The van der Waals surface area contributed by atoms with Crippen molar-refractivity contribution in [3.8, 4) is 0 Å². The van der Waals surface area contributed by atoms with Crippen molar-refractivity contribution in [2.75, 3.05) is 36.4 Å². The maximum atomic E-state index is 14.0. The summed E-state index contributed by atoms with van der Waals surface area (Å²) in [6, 6.07) is 13.1. The highest BCUT2D eigenvalue weighted by Crippen LogP contribution is 2.27. The van der Waals surface area contributed by atoms with Crippen molar-refractivity contribution in [1.29, 1.82) is 0 Å². The van der Waals surface area contributed by atoms with Crippen molar-refractivity contribution < 1.29 is 17.6 Å². The molecular weight excluding hydrogens is 429 g/mol. The SMILES string of the molecule is CC1CCCN(S(=O)(=O)c2ccc(NC(=O)C3CCN(c4ccccc4F)CC3)cc2)C1. The number of amides is 1. The molecule has 0 radical (unpaired) electrons. The first-order valence-corrected chi connectivity index (χ1v) is 12.7. The van der Waals surface area contributed by atoms with Crippen molar-refractivity contribution in [2.24, 2.45) is 11.8 Å². The number of anilines is 2. The molecule has 32 heavy (non-hydrogen) atoms. The fourth-order valence-electron chi connectivity index (χ4n) is 4.56. The van der Waals surface area contributed by atoms with Crippen molar-refractivity contribution >= 4 is 27.3 Å². The van der Waals surface area contributed by atoms with Crippen LogP contribution in [-0.4, -0.2) is 44.8 Å². The van der Waals surface area contributed by atoms with Gasteiger partial charge in [0.25, 0.3) is 0 Å². The highest BCUT2D eigenvalue weighted by molar-refractivity contribution is 7.89. The van der Waals surface area contributed by atoms with Crippen LogP contribution in [0.1, 0.15) is 32.6 Å². The van der Waals surface area contributed by atoms with E-state index in [0.29, 0.717) is 56.3 Å². The zero-order valence-electron chi connectivity index (χ0n) is 18.3. The van der Waals surface area contributed by atoms with Gasteiger partial charge in [0.15, 0.2) is 0 Å². The second kappa shape index (κ2) is 9.58. The van der Waals surface area contributed by atoms with Gasteiger partial charge >= 0.3 is 0 Å². The molecule has 0 aliphatic carbocycles. The van der Waals surface area contributed by atoms with Gasteiger partial charge in [-0.3, -0.25) is 4.79 Å². The van der Waals surface area contributed by atoms with Crippen molar-refractivity contribution in [1.82, 2.24) is 4.31 Å². The maximum absolute atomic E-state index is 14.0. The molecule has 2 aliphatic rings. The molecule has 8 heteroatoms. The lowest BCUT2D eigenvalue weighted by atomic mass is 9.95. The molecule has 2 aromatic rings. The first-order chi connectivity index (χ1) is 15.3. The minimum Gasteiger partial charge on any atom is -0.369 e. The van der Waals surface area contributed by atoms with Crippen LogP contribution in [0.4, 0.5) is 15.8 Å². The maximum Gasteiger partial charge on any atom is 0.243 e. The van der Waals surface area contributed by atoms with Crippen LogP contribution in [0.15, 0.2) is 53.4 Å². The average molecular weight is 460 g/mol. The Labute approximate surface area is 189 Å². The van der Waals surface area contributed by atoms with E-state index in [1.807, 2.05) is 11.0 Å². The molecule has 2 aliphatic heterocycles. The Hall–Kier alpha value is -2.45. The van der Waals surface area contributed by atoms with Gasteiger partial charge in [-0.2, -0.15) is 4.31 Å². The molecule has 1 unspecified atom stereocenters. The van der Waals surface area contributed by atoms with Crippen molar-refractivity contribution in [2.45, 2.75) is 37.5 Å². The number of benzene rings is 2. The predicted octanol–water partition coefficient (Wildman–Crippen LogP) is 4.10. The Kier molecular flexibility index (Phi) is 6.81. The van der Waals surface area contributed by atoms with Crippen LogP contribution in [0.2, 0.25) is 0 Å². The predicted molar refractivity (Wildman–Crippen MR) is 124 cm³/mol. The van der Waals surface area contributed by atoms with Gasteiger partial charge in [-0.05, 0) is 68.0 Å². The van der Waals surface area contributed by atoms with E-state index in [1.54, 1.807) is 40.7 Å². The number of hydrogen-bond donors (Lipinski definition) is 1. The fourth-order valence-corrected chi connectivity index (χ4v) is 6.16. The standard InChI is InChI=1S/C24H30FN3O3S/c1-18-5-4-14-28(17-18)32(30,31)21-10-8-20(9-11-21)26-24(29)19-12-15-27(16-13-19)23-7-3-2-6-22(23)25/h2-3,6-11,18-19H,4-5,12-17H2,1H3,(H,26,29). The van der Waals surface area contributed by atoms with Crippen LogP contribution in [0.5, 0.6) is 0 Å². The monoisotopic (exact) mass is 459 g/mol. The molecule has 6 nitrogen and oxygen atoms in total. The molecule has 0 bridgehead atoms. The Balaban J connectivity index is 1.34. The van der Waals surface area contributed by atoms with E-state index < -0.39 is 10.0 Å². The van der Waals surface area contributed by atoms with Crippen LogP contribution < -0.4 is 10.2 Å². The summed E-state index contributed by atoms with van der Waals surface area (Å²) in [5.41, 5.74) is 1.16. The normalized spacial score (nSPS) is 20.8. The highest BCUT2D eigenvalue weighted by atomic mass is 32.2. The summed E-state index contributed by atoms with van der Waals surface area (Å²) in [7, 11) is -3.51. The first kappa shape index (κ1) is 22.7. The lowest BCUT2D eigenvalue weighted by Gasteiger charge is -2.33. The number of rotatable bonds is 5.